The lowest BCUT2D eigenvalue weighted by atomic mass is 10.1. The Hall–Kier alpha value is -2.96. The molecule has 1 amide bonds. The van der Waals surface area contributed by atoms with Crippen LogP contribution in [-0.4, -0.2) is 26.3 Å². The minimum Gasteiger partial charge on any atom is -0.337 e. The van der Waals surface area contributed by atoms with Crippen LogP contribution in [0.3, 0.4) is 0 Å². The fourth-order valence-corrected chi connectivity index (χ4v) is 4.50. The summed E-state index contributed by atoms with van der Waals surface area (Å²) in [6.07, 6.45) is 0. The first-order chi connectivity index (χ1) is 14.3. The van der Waals surface area contributed by atoms with Crippen molar-refractivity contribution in [2.75, 3.05) is 7.05 Å². The summed E-state index contributed by atoms with van der Waals surface area (Å²) in [5.41, 5.74) is 3.96. The molecular formula is C24H26N2O3S. The number of rotatable bonds is 7. The summed E-state index contributed by atoms with van der Waals surface area (Å²) in [5.74, 6) is -0.224. The monoisotopic (exact) mass is 422 g/mol. The Morgan fingerprint density at radius 1 is 0.900 bits per heavy atom. The van der Waals surface area contributed by atoms with E-state index in [0.29, 0.717) is 17.7 Å². The van der Waals surface area contributed by atoms with Gasteiger partial charge < -0.3 is 4.90 Å². The number of nitrogens with zero attached hydrogens (tertiary/aromatic N) is 1. The smallest absolute Gasteiger partial charge is 0.253 e. The van der Waals surface area contributed by atoms with Gasteiger partial charge in [-0.3, -0.25) is 4.79 Å². The van der Waals surface area contributed by atoms with Crippen molar-refractivity contribution >= 4 is 15.9 Å². The van der Waals surface area contributed by atoms with Gasteiger partial charge in [-0.1, -0.05) is 60.7 Å². The summed E-state index contributed by atoms with van der Waals surface area (Å²) in [6.45, 7) is 4.37. The van der Waals surface area contributed by atoms with Gasteiger partial charge in [0.05, 0.1) is 4.90 Å². The van der Waals surface area contributed by atoms with Gasteiger partial charge >= 0.3 is 0 Å². The summed E-state index contributed by atoms with van der Waals surface area (Å²) in [5, 5.41) is 0. The summed E-state index contributed by atoms with van der Waals surface area (Å²) < 4.78 is 28.4. The lowest BCUT2D eigenvalue weighted by molar-refractivity contribution is 0.0784. The predicted molar refractivity (Wildman–Crippen MR) is 119 cm³/mol. The van der Waals surface area contributed by atoms with Crippen molar-refractivity contribution in [2.24, 2.45) is 0 Å². The first-order valence-electron chi connectivity index (χ1n) is 9.72. The molecule has 0 atom stereocenters. The van der Waals surface area contributed by atoms with Gasteiger partial charge in [0.25, 0.3) is 5.91 Å². The highest BCUT2D eigenvalue weighted by atomic mass is 32.2. The van der Waals surface area contributed by atoms with Gasteiger partial charge in [0.2, 0.25) is 10.0 Å². The van der Waals surface area contributed by atoms with Crippen LogP contribution in [-0.2, 0) is 23.1 Å². The number of carbonyl (C=O) groups excluding carboxylic acids is 1. The molecule has 1 N–H and O–H groups in total. The minimum absolute atomic E-state index is 0.119. The van der Waals surface area contributed by atoms with E-state index in [1.54, 1.807) is 31.0 Å². The number of aryl methyl sites for hydroxylation is 2. The van der Waals surface area contributed by atoms with Crippen LogP contribution in [0.2, 0.25) is 0 Å². The third-order valence-electron chi connectivity index (χ3n) is 5.05. The van der Waals surface area contributed by atoms with Crippen LogP contribution in [0.4, 0.5) is 0 Å². The Balaban J connectivity index is 1.80. The zero-order chi connectivity index (χ0) is 21.7. The standard InChI is InChI=1S/C24H26N2O3S/c1-18-9-7-8-12-22(18)17-26(3)24(27)21-14-13-19(2)23(15-21)30(28,29)25-16-20-10-5-4-6-11-20/h4-15,25H,16-17H2,1-3H3. The van der Waals surface area contributed by atoms with Crippen molar-refractivity contribution < 1.29 is 13.2 Å². The molecule has 30 heavy (non-hydrogen) atoms. The normalized spacial score (nSPS) is 11.3. The van der Waals surface area contributed by atoms with Crippen LogP contribution in [0, 0.1) is 13.8 Å². The van der Waals surface area contributed by atoms with E-state index in [1.807, 2.05) is 61.5 Å². The topological polar surface area (TPSA) is 66.5 Å². The lowest BCUT2D eigenvalue weighted by Crippen LogP contribution is -2.28. The first kappa shape index (κ1) is 21.7. The molecule has 156 valence electrons. The zero-order valence-corrected chi connectivity index (χ0v) is 18.2. The van der Waals surface area contributed by atoms with E-state index in [-0.39, 0.29) is 17.3 Å². The average Bonchev–Trinajstić information content (AvgIpc) is 2.74. The molecule has 0 unspecified atom stereocenters. The number of nitrogens with one attached hydrogen (secondary N) is 1. The Morgan fingerprint density at radius 2 is 1.57 bits per heavy atom. The van der Waals surface area contributed by atoms with E-state index in [4.69, 9.17) is 0 Å². The van der Waals surface area contributed by atoms with Crippen LogP contribution in [0.15, 0.2) is 77.7 Å². The number of benzene rings is 3. The molecule has 0 aliphatic carbocycles. The molecule has 5 nitrogen and oxygen atoms in total. The van der Waals surface area contributed by atoms with Crippen molar-refractivity contribution in [3.8, 4) is 0 Å². The maximum Gasteiger partial charge on any atom is 0.253 e. The summed E-state index contributed by atoms with van der Waals surface area (Å²) in [4.78, 5) is 14.7. The Labute approximate surface area is 178 Å². The minimum atomic E-state index is -3.76. The highest BCUT2D eigenvalue weighted by molar-refractivity contribution is 7.89. The highest BCUT2D eigenvalue weighted by Crippen LogP contribution is 2.19. The second kappa shape index (κ2) is 9.24. The lowest BCUT2D eigenvalue weighted by Gasteiger charge is -2.19. The third kappa shape index (κ3) is 5.14. The summed E-state index contributed by atoms with van der Waals surface area (Å²) >= 11 is 0. The van der Waals surface area contributed by atoms with Gasteiger partial charge in [-0.25, -0.2) is 13.1 Å². The molecule has 0 aliphatic heterocycles. The Kier molecular flexibility index (Phi) is 6.70. The van der Waals surface area contributed by atoms with Crippen molar-refractivity contribution in [3.05, 3.63) is 101 Å². The van der Waals surface area contributed by atoms with E-state index in [1.165, 1.54) is 6.07 Å². The average molecular weight is 423 g/mol. The van der Waals surface area contributed by atoms with E-state index < -0.39 is 10.0 Å². The molecule has 3 rings (SSSR count). The highest BCUT2D eigenvalue weighted by Gasteiger charge is 2.20. The molecule has 3 aromatic rings. The van der Waals surface area contributed by atoms with Crippen LogP contribution in [0.1, 0.15) is 32.6 Å². The van der Waals surface area contributed by atoms with E-state index >= 15 is 0 Å². The molecule has 3 aromatic carbocycles. The summed E-state index contributed by atoms with van der Waals surface area (Å²) in [7, 11) is -2.04. The molecule has 0 aromatic heterocycles. The van der Waals surface area contributed by atoms with Crippen molar-refractivity contribution in [1.82, 2.24) is 9.62 Å². The molecule has 0 radical (unpaired) electrons. The number of hydrogen-bond donors (Lipinski definition) is 1. The Morgan fingerprint density at radius 3 is 2.27 bits per heavy atom. The molecule has 0 aliphatic rings. The SMILES string of the molecule is Cc1ccccc1CN(C)C(=O)c1ccc(C)c(S(=O)(=O)NCc2ccccc2)c1. The first-order valence-corrected chi connectivity index (χ1v) is 11.2. The number of amides is 1. The number of carbonyl (C=O) groups is 1. The zero-order valence-electron chi connectivity index (χ0n) is 17.4. The number of hydrogen-bond acceptors (Lipinski definition) is 3. The largest absolute Gasteiger partial charge is 0.337 e. The Bertz CT molecular complexity index is 1140. The van der Waals surface area contributed by atoms with Gasteiger partial charge in [-0.05, 0) is 48.2 Å². The third-order valence-corrected chi connectivity index (χ3v) is 6.59. The van der Waals surface area contributed by atoms with Crippen molar-refractivity contribution in [2.45, 2.75) is 31.8 Å². The molecule has 0 saturated carbocycles. The van der Waals surface area contributed by atoms with Crippen molar-refractivity contribution in [3.63, 3.8) is 0 Å². The van der Waals surface area contributed by atoms with Gasteiger partial charge in [-0.2, -0.15) is 0 Å². The second-order valence-corrected chi connectivity index (χ2v) is 9.11. The van der Waals surface area contributed by atoms with Gasteiger partial charge in [0.15, 0.2) is 0 Å². The van der Waals surface area contributed by atoms with E-state index in [9.17, 15) is 13.2 Å². The van der Waals surface area contributed by atoms with E-state index in [2.05, 4.69) is 4.72 Å². The van der Waals surface area contributed by atoms with Crippen LogP contribution < -0.4 is 4.72 Å². The molecule has 0 spiro atoms. The molecule has 0 bridgehead atoms. The second-order valence-electron chi connectivity index (χ2n) is 7.38. The quantitative estimate of drug-likeness (QED) is 0.625. The maximum atomic E-state index is 12.9. The maximum absolute atomic E-state index is 12.9. The van der Waals surface area contributed by atoms with Crippen LogP contribution in [0.5, 0.6) is 0 Å². The van der Waals surface area contributed by atoms with Crippen LogP contribution in [0.25, 0.3) is 0 Å². The van der Waals surface area contributed by atoms with Gasteiger partial charge in [-0.15, -0.1) is 0 Å². The molecule has 0 heterocycles. The molecular weight excluding hydrogens is 396 g/mol. The molecule has 0 saturated heterocycles. The number of sulfonamides is 1. The van der Waals surface area contributed by atoms with Gasteiger partial charge in [0.1, 0.15) is 0 Å². The van der Waals surface area contributed by atoms with E-state index in [0.717, 1.165) is 16.7 Å². The van der Waals surface area contributed by atoms with Crippen LogP contribution >= 0.6 is 0 Å². The predicted octanol–water partition coefficient (Wildman–Crippen LogP) is 4.05. The van der Waals surface area contributed by atoms with Crippen molar-refractivity contribution in [1.29, 1.82) is 0 Å². The van der Waals surface area contributed by atoms with Gasteiger partial charge in [0, 0.05) is 25.7 Å². The molecule has 0 fully saturated rings. The molecule has 6 heteroatoms. The summed E-state index contributed by atoms with van der Waals surface area (Å²) in [6, 6.07) is 22.0. The fourth-order valence-electron chi connectivity index (χ4n) is 3.21. The fraction of sp³-hybridized carbons (Fsp3) is 0.208.